The highest BCUT2D eigenvalue weighted by Crippen LogP contribution is 2.15. The molecule has 9 heavy (non-hydrogen) atoms. The molecule has 0 aliphatic heterocycles. The van der Waals surface area contributed by atoms with Crippen LogP contribution >= 0.6 is 0 Å². The zero-order valence-corrected chi connectivity index (χ0v) is 4.15. The van der Waals surface area contributed by atoms with Crippen molar-refractivity contribution in [3.05, 3.63) is 0 Å². The summed E-state index contributed by atoms with van der Waals surface area (Å²) in [5, 5.41) is 0. The molecule has 5 heteroatoms. The average molecular weight is 143 g/mol. The Morgan fingerprint density at radius 1 is 1.00 bits per heavy atom. The second-order valence-electron chi connectivity index (χ2n) is 1.31. The smallest absolute Gasteiger partial charge is 0.254 e. The molecular weight excluding hydrogens is 140 g/mol. The summed E-state index contributed by atoms with van der Waals surface area (Å²) in [6.45, 7) is 0. The molecule has 0 spiro atoms. The normalized spacial score (nSPS) is 11.4. The minimum Gasteiger partial charge on any atom is -0.290 e. The van der Waals surface area contributed by atoms with E-state index in [0.717, 1.165) is 0 Å². The van der Waals surface area contributed by atoms with Gasteiger partial charge in [-0.1, -0.05) is 0 Å². The fraction of sp³-hybridized carbons (Fsp3) is 0.750. The summed E-state index contributed by atoms with van der Waals surface area (Å²) in [7, 11) is 0. The lowest BCUT2D eigenvalue weighted by Gasteiger charge is -2.03. The fourth-order valence-corrected chi connectivity index (χ4v) is 0.213. The van der Waals surface area contributed by atoms with Crippen LogP contribution in [-0.2, 0) is 4.79 Å². The molecule has 0 saturated heterocycles. The van der Waals surface area contributed by atoms with Crippen LogP contribution in [-0.4, -0.2) is 19.1 Å². The molecule has 0 heterocycles. The molecule has 0 amide bonds. The van der Waals surface area contributed by atoms with Crippen LogP contribution in [0.3, 0.4) is 0 Å². The maximum Gasteiger partial charge on any atom is 0.254 e. The van der Waals surface area contributed by atoms with Gasteiger partial charge in [-0.05, 0) is 0 Å². The van der Waals surface area contributed by atoms with Gasteiger partial charge in [0.25, 0.3) is 12.9 Å². The van der Waals surface area contributed by atoms with E-state index in [9.17, 15) is 22.4 Å². The molecular formula is C4H3F4O. The van der Waals surface area contributed by atoms with Crippen molar-refractivity contribution in [3.8, 4) is 0 Å². The van der Waals surface area contributed by atoms with Crippen molar-refractivity contribution >= 4 is 6.29 Å². The molecule has 0 rings (SSSR count). The van der Waals surface area contributed by atoms with Crippen LogP contribution < -0.4 is 0 Å². The lowest BCUT2D eigenvalue weighted by molar-refractivity contribution is 0.00722. The second kappa shape index (κ2) is 3.42. The van der Waals surface area contributed by atoms with Gasteiger partial charge in [0.05, 0.1) is 0 Å². The van der Waals surface area contributed by atoms with E-state index in [1.54, 1.807) is 0 Å². The van der Waals surface area contributed by atoms with Gasteiger partial charge in [0.2, 0.25) is 6.29 Å². The highest BCUT2D eigenvalue weighted by molar-refractivity contribution is 5.55. The third-order valence-electron chi connectivity index (χ3n) is 0.679. The zero-order chi connectivity index (χ0) is 7.44. The van der Waals surface area contributed by atoms with Crippen LogP contribution in [0.15, 0.2) is 0 Å². The Balaban J connectivity index is 3.82. The Kier molecular flexibility index (Phi) is 3.19. The highest BCUT2D eigenvalue weighted by atomic mass is 19.3. The van der Waals surface area contributed by atoms with Gasteiger partial charge in [-0.2, -0.15) is 0 Å². The summed E-state index contributed by atoms with van der Waals surface area (Å²) in [5.74, 6) is -2.55. The Morgan fingerprint density at radius 3 is 1.33 bits per heavy atom. The average Bonchev–Trinajstić information content (AvgIpc) is 1.64. The number of rotatable bonds is 3. The largest absolute Gasteiger partial charge is 0.290 e. The quantitative estimate of drug-likeness (QED) is 0.543. The predicted molar refractivity (Wildman–Crippen MR) is 21.2 cm³/mol. The van der Waals surface area contributed by atoms with Gasteiger partial charge in [0.1, 0.15) is 5.92 Å². The Hall–Kier alpha value is -0.610. The van der Waals surface area contributed by atoms with Crippen LogP contribution in [0.5, 0.6) is 0 Å². The molecule has 0 N–H and O–H groups in total. The Labute approximate surface area is 48.7 Å². The highest BCUT2D eigenvalue weighted by Gasteiger charge is 2.30. The number of halogens is 4. The predicted octanol–water partition coefficient (Wildman–Crippen LogP) is 1.24. The molecule has 1 radical (unpaired) electrons. The van der Waals surface area contributed by atoms with Gasteiger partial charge >= 0.3 is 0 Å². The summed E-state index contributed by atoms with van der Waals surface area (Å²) in [6, 6.07) is 0. The van der Waals surface area contributed by atoms with E-state index in [1.165, 1.54) is 0 Å². The van der Waals surface area contributed by atoms with Gasteiger partial charge < -0.3 is 0 Å². The van der Waals surface area contributed by atoms with E-state index >= 15 is 0 Å². The molecule has 0 saturated carbocycles. The van der Waals surface area contributed by atoms with E-state index in [4.69, 9.17) is 0 Å². The molecule has 0 atom stereocenters. The first-order valence-corrected chi connectivity index (χ1v) is 2.03. The maximum absolute atomic E-state index is 11.2. The molecule has 1 nitrogen and oxygen atoms in total. The summed E-state index contributed by atoms with van der Waals surface area (Å²) < 4.78 is 44.8. The van der Waals surface area contributed by atoms with E-state index in [1.807, 2.05) is 0 Å². The fourth-order valence-electron chi connectivity index (χ4n) is 0.213. The zero-order valence-electron chi connectivity index (χ0n) is 4.15. The molecule has 0 bridgehead atoms. The molecule has 0 aliphatic rings. The van der Waals surface area contributed by atoms with Crippen LogP contribution in [0.1, 0.15) is 0 Å². The standard InChI is InChI=1S/C4H3F4O/c5-3(6)2(1-9)4(7)8/h2-4H. The van der Waals surface area contributed by atoms with E-state index < -0.39 is 18.8 Å². The van der Waals surface area contributed by atoms with Crippen molar-refractivity contribution in [2.75, 3.05) is 0 Å². The Bertz CT molecular complexity index is 84.6. The Morgan fingerprint density at radius 2 is 1.33 bits per heavy atom. The third-order valence-corrected chi connectivity index (χ3v) is 0.679. The van der Waals surface area contributed by atoms with Gasteiger partial charge in [-0.15, -0.1) is 0 Å². The number of alkyl halides is 4. The number of hydrogen-bond donors (Lipinski definition) is 0. The molecule has 0 fully saturated rings. The van der Waals surface area contributed by atoms with Crippen molar-refractivity contribution in [2.45, 2.75) is 12.9 Å². The first-order valence-electron chi connectivity index (χ1n) is 2.03. The second-order valence-corrected chi connectivity index (χ2v) is 1.31. The van der Waals surface area contributed by atoms with Gasteiger partial charge in [0, 0.05) is 0 Å². The van der Waals surface area contributed by atoms with E-state index in [-0.39, 0.29) is 0 Å². The molecule has 0 aromatic rings. The van der Waals surface area contributed by atoms with Gasteiger partial charge in [0.15, 0.2) is 0 Å². The summed E-state index contributed by atoms with van der Waals surface area (Å²) in [5.41, 5.74) is 0. The third kappa shape index (κ3) is 2.43. The molecule has 53 valence electrons. The number of hydrogen-bond acceptors (Lipinski definition) is 1. The minimum atomic E-state index is -3.32. The van der Waals surface area contributed by atoms with Crippen molar-refractivity contribution in [3.63, 3.8) is 0 Å². The lowest BCUT2D eigenvalue weighted by Crippen LogP contribution is -2.20. The van der Waals surface area contributed by atoms with Crippen molar-refractivity contribution in [1.82, 2.24) is 0 Å². The lowest BCUT2D eigenvalue weighted by atomic mass is 10.2. The van der Waals surface area contributed by atoms with Crippen LogP contribution in [0.25, 0.3) is 0 Å². The van der Waals surface area contributed by atoms with Crippen LogP contribution in [0, 0.1) is 5.92 Å². The molecule has 0 aliphatic carbocycles. The van der Waals surface area contributed by atoms with Crippen molar-refractivity contribution in [2.24, 2.45) is 5.92 Å². The van der Waals surface area contributed by atoms with Gasteiger partial charge in [-0.3, -0.25) is 4.79 Å². The molecule has 0 aromatic carbocycles. The number of carbonyl (C=O) groups excluding carboxylic acids is 1. The topological polar surface area (TPSA) is 17.1 Å². The van der Waals surface area contributed by atoms with Crippen molar-refractivity contribution < 1.29 is 22.4 Å². The van der Waals surface area contributed by atoms with Crippen LogP contribution in [0.2, 0.25) is 0 Å². The molecule has 0 unspecified atom stereocenters. The van der Waals surface area contributed by atoms with E-state index in [0.29, 0.717) is 6.29 Å². The van der Waals surface area contributed by atoms with Gasteiger partial charge in [-0.25, -0.2) is 17.6 Å². The van der Waals surface area contributed by atoms with Crippen LogP contribution in [0.4, 0.5) is 17.6 Å². The minimum absolute atomic E-state index is 0.551. The first-order chi connectivity index (χ1) is 4.09. The van der Waals surface area contributed by atoms with Crippen molar-refractivity contribution in [1.29, 1.82) is 0 Å². The monoisotopic (exact) mass is 143 g/mol. The summed E-state index contributed by atoms with van der Waals surface area (Å²) >= 11 is 0. The SMILES string of the molecule is O=[C]C(C(F)F)C(F)F. The van der Waals surface area contributed by atoms with E-state index in [2.05, 4.69) is 0 Å². The maximum atomic E-state index is 11.2. The summed E-state index contributed by atoms with van der Waals surface area (Å²) in [6.07, 6.45) is -6.08. The first kappa shape index (κ1) is 8.39. The molecule has 0 aromatic heterocycles. The summed E-state index contributed by atoms with van der Waals surface area (Å²) in [4.78, 5) is 9.30.